The van der Waals surface area contributed by atoms with Gasteiger partial charge in [-0.3, -0.25) is 14.4 Å². The van der Waals surface area contributed by atoms with E-state index in [0.717, 1.165) is 44.1 Å². The van der Waals surface area contributed by atoms with Crippen molar-refractivity contribution in [3.8, 4) is 0 Å². The molecule has 0 radical (unpaired) electrons. The monoisotopic (exact) mass is 356 g/mol. The number of hydrogen-bond acceptors (Lipinski definition) is 4. The molecule has 0 aromatic carbocycles. The van der Waals surface area contributed by atoms with Crippen LogP contribution in [0.15, 0.2) is 11.6 Å². The standard InChI is InChI=1S/C22H28O4/c1-20-7-3-13(23)11-17(20)18(24)12-14-15(20)4-8-21(2)16(14)5-9-22(21)10-6-19(25)26-22/h11,14-16H,3-10,12H2,1-2H3/t14-,15+,16+,20-,21+,22-/m1/s1. The lowest BCUT2D eigenvalue weighted by Crippen LogP contribution is -2.56. The van der Waals surface area contributed by atoms with Gasteiger partial charge in [-0.2, -0.15) is 0 Å². The van der Waals surface area contributed by atoms with Crippen molar-refractivity contribution in [3.63, 3.8) is 0 Å². The molecular formula is C22H28O4. The van der Waals surface area contributed by atoms with E-state index in [-0.39, 0.29) is 34.0 Å². The Morgan fingerprint density at radius 1 is 0.962 bits per heavy atom. The summed E-state index contributed by atoms with van der Waals surface area (Å²) in [6.07, 6.45) is 9.16. The van der Waals surface area contributed by atoms with Gasteiger partial charge in [0.25, 0.3) is 0 Å². The lowest BCUT2D eigenvalue weighted by atomic mass is 9.46. The van der Waals surface area contributed by atoms with Gasteiger partial charge in [-0.1, -0.05) is 13.8 Å². The molecule has 4 heteroatoms. The lowest BCUT2D eigenvalue weighted by Gasteiger charge is -2.58. The minimum absolute atomic E-state index is 0.00265. The maximum absolute atomic E-state index is 13.0. The van der Waals surface area contributed by atoms with Crippen molar-refractivity contribution >= 4 is 17.5 Å². The number of carbonyl (C=O) groups is 3. The number of Topliss-reactive ketones (excluding diaryl/α,β-unsaturated/α-hetero) is 1. The molecule has 26 heavy (non-hydrogen) atoms. The summed E-state index contributed by atoms with van der Waals surface area (Å²) < 4.78 is 5.95. The van der Waals surface area contributed by atoms with Gasteiger partial charge < -0.3 is 4.74 Å². The van der Waals surface area contributed by atoms with E-state index in [9.17, 15) is 14.4 Å². The number of ether oxygens (including phenoxy) is 1. The van der Waals surface area contributed by atoms with Gasteiger partial charge in [0.2, 0.25) is 0 Å². The molecule has 6 atom stereocenters. The fourth-order valence-electron chi connectivity index (χ4n) is 7.68. The molecule has 0 aromatic heterocycles. The molecule has 4 aliphatic carbocycles. The molecule has 3 saturated carbocycles. The summed E-state index contributed by atoms with van der Waals surface area (Å²) in [6.45, 7) is 4.55. The number of esters is 1. The van der Waals surface area contributed by atoms with E-state index in [0.29, 0.717) is 37.0 Å². The lowest BCUT2D eigenvalue weighted by molar-refractivity contribution is -0.169. The largest absolute Gasteiger partial charge is 0.458 e. The van der Waals surface area contributed by atoms with Gasteiger partial charge in [0.05, 0.1) is 0 Å². The summed E-state index contributed by atoms with van der Waals surface area (Å²) in [6, 6.07) is 0. The van der Waals surface area contributed by atoms with Crippen LogP contribution in [0.2, 0.25) is 0 Å². The number of rotatable bonds is 0. The van der Waals surface area contributed by atoms with E-state index in [1.807, 2.05) is 0 Å². The van der Waals surface area contributed by atoms with E-state index in [1.54, 1.807) is 6.08 Å². The zero-order valence-corrected chi connectivity index (χ0v) is 15.8. The minimum Gasteiger partial charge on any atom is -0.458 e. The Kier molecular flexibility index (Phi) is 3.26. The molecule has 0 aromatic rings. The number of hydrogen-bond donors (Lipinski definition) is 0. The first kappa shape index (κ1) is 16.7. The highest BCUT2D eigenvalue weighted by Crippen LogP contribution is 2.69. The van der Waals surface area contributed by atoms with Crippen LogP contribution < -0.4 is 0 Å². The van der Waals surface area contributed by atoms with E-state index >= 15 is 0 Å². The normalized spacial score (nSPS) is 50.2. The van der Waals surface area contributed by atoms with Crippen LogP contribution >= 0.6 is 0 Å². The molecule has 5 aliphatic rings. The molecule has 0 bridgehead atoms. The van der Waals surface area contributed by atoms with Crippen molar-refractivity contribution in [1.29, 1.82) is 0 Å². The topological polar surface area (TPSA) is 60.4 Å². The maximum Gasteiger partial charge on any atom is 0.306 e. The van der Waals surface area contributed by atoms with Crippen LogP contribution in [0.1, 0.15) is 71.6 Å². The predicted octanol–water partition coefficient (Wildman–Crippen LogP) is 3.77. The molecule has 0 N–H and O–H groups in total. The van der Waals surface area contributed by atoms with Crippen molar-refractivity contribution in [2.45, 2.75) is 77.2 Å². The molecule has 4 fully saturated rings. The summed E-state index contributed by atoms with van der Waals surface area (Å²) >= 11 is 0. The first-order valence-electron chi connectivity index (χ1n) is 10.3. The summed E-state index contributed by atoms with van der Waals surface area (Å²) in [4.78, 5) is 36.8. The Hall–Kier alpha value is -1.45. The van der Waals surface area contributed by atoms with Gasteiger partial charge in [-0.25, -0.2) is 0 Å². The van der Waals surface area contributed by atoms with Crippen molar-refractivity contribution in [2.75, 3.05) is 0 Å². The molecule has 1 aliphatic heterocycles. The second-order valence-electron chi connectivity index (χ2n) is 9.91. The third kappa shape index (κ3) is 1.88. The van der Waals surface area contributed by atoms with Crippen LogP contribution in [0.5, 0.6) is 0 Å². The summed E-state index contributed by atoms with van der Waals surface area (Å²) in [7, 11) is 0. The molecule has 0 amide bonds. The van der Waals surface area contributed by atoms with E-state index in [2.05, 4.69) is 13.8 Å². The number of fused-ring (bicyclic) bond motifs is 6. The summed E-state index contributed by atoms with van der Waals surface area (Å²) in [5, 5.41) is 0. The van der Waals surface area contributed by atoms with E-state index in [1.165, 1.54) is 0 Å². The smallest absolute Gasteiger partial charge is 0.306 e. The fraction of sp³-hybridized carbons (Fsp3) is 0.773. The number of ketones is 2. The Bertz CT molecular complexity index is 751. The van der Waals surface area contributed by atoms with Crippen molar-refractivity contribution in [2.24, 2.45) is 28.6 Å². The highest BCUT2D eigenvalue weighted by atomic mass is 16.6. The van der Waals surface area contributed by atoms with Crippen LogP contribution in [-0.4, -0.2) is 23.1 Å². The third-order valence-corrected chi connectivity index (χ3v) is 9.12. The zero-order valence-electron chi connectivity index (χ0n) is 15.8. The van der Waals surface area contributed by atoms with Crippen LogP contribution in [-0.2, 0) is 19.1 Å². The van der Waals surface area contributed by atoms with Gasteiger partial charge in [0.15, 0.2) is 11.6 Å². The molecule has 1 heterocycles. The highest BCUT2D eigenvalue weighted by molar-refractivity contribution is 6.05. The Balaban J connectivity index is 1.53. The van der Waals surface area contributed by atoms with Gasteiger partial charge in [0.1, 0.15) is 5.60 Å². The van der Waals surface area contributed by atoms with Crippen molar-refractivity contribution < 1.29 is 19.1 Å². The van der Waals surface area contributed by atoms with Gasteiger partial charge in [-0.05, 0) is 67.8 Å². The Morgan fingerprint density at radius 3 is 2.46 bits per heavy atom. The Labute approximate surface area is 154 Å². The summed E-state index contributed by atoms with van der Waals surface area (Å²) in [5.41, 5.74) is 0.376. The predicted molar refractivity (Wildman–Crippen MR) is 95.2 cm³/mol. The average molecular weight is 356 g/mol. The quantitative estimate of drug-likeness (QED) is 0.620. The second-order valence-corrected chi connectivity index (χ2v) is 9.91. The maximum atomic E-state index is 13.0. The van der Waals surface area contributed by atoms with Gasteiger partial charge in [-0.15, -0.1) is 0 Å². The number of allylic oxidation sites excluding steroid dienone is 1. The molecule has 140 valence electrons. The molecule has 1 spiro atoms. The van der Waals surface area contributed by atoms with Crippen LogP contribution in [0.4, 0.5) is 0 Å². The molecule has 5 rings (SSSR count). The van der Waals surface area contributed by atoms with Crippen molar-refractivity contribution in [3.05, 3.63) is 11.6 Å². The molecule has 1 saturated heterocycles. The van der Waals surface area contributed by atoms with Crippen molar-refractivity contribution in [1.82, 2.24) is 0 Å². The van der Waals surface area contributed by atoms with Crippen LogP contribution in [0, 0.1) is 28.6 Å². The Morgan fingerprint density at radius 2 is 1.73 bits per heavy atom. The zero-order chi connectivity index (χ0) is 18.3. The first-order chi connectivity index (χ1) is 12.3. The first-order valence-corrected chi connectivity index (χ1v) is 10.3. The molecule has 0 unspecified atom stereocenters. The van der Waals surface area contributed by atoms with Crippen LogP contribution in [0.3, 0.4) is 0 Å². The van der Waals surface area contributed by atoms with Gasteiger partial charge in [0, 0.05) is 30.3 Å². The van der Waals surface area contributed by atoms with Crippen LogP contribution in [0.25, 0.3) is 0 Å². The van der Waals surface area contributed by atoms with E-state index < -0.39 is 0 Å². The summed E-state index contributed by atoms with van der Waals surface area (Å²) in [5.74, 6) is 1.56. The molecule has 4 nitrogen and oxygen atoms in total. The second kappa shape index (κ2) is 5.08. The van der Waals surface area contributed by atoms with E-state index in [4.69, 9.17) is 4.74 Å². The average Bonchev–Trinajstić information content (AvgIpc) is 3.11. The minimum atomic E-state index is -0.289. The third-order valence-electron chi connectivity index (χ3n) is 9.12. The van der Waals surface area contributed by atoms with Gasteiger partial charge >= 0.3 is 5.97 Å². The SMILES string of the molecule is C[C@]12CCC(=O)C=C1C(=O)C[C@@H]1[C@@H]2CC[C@@]2(C)[C@H]1CC[C@@]21CCC(=O)O1. The highest BCUT2D eigenvalue weighted by Gasteiger charge is 2.67. The molecular weight excluding hydrogens is 328 g/mol. The fourth-order valence-corrected chi connectivity index (χ4v) is 7.68. The number of carbonyl (C=O) groups excluding carboxylic acids is 3.